The van der Waals surface area contributed by atoms with Crippen LogP contribution in [0.4, 0.5) is 0 Å². The largest absolute Gasteiger partial charge is 0.232 e. The van der Waals surface area contributed by atoms with Crippen molar-refractivity contribution in [2.75, 3.05) is 5.75 Å². The molecule has 0 spiro atoms. The third kappa shape index (κ3) is 3.13. The van der Waals surface area contributed by atoms with Crippen LogP contribution < -0.4 is 0 Å². The fourth-order valence-electron chi connectivity index (χ4n) is 0.875. The van der Waals surface area contributed by atoms with Gasteiger partial charge in [-0.3, -0.25) is 0 Å². The van der Waals surface area contributed by atoms with Gasteiger partial charge in [0.25, 0.3) is 0 Å². The number of thiophene rings is 1. The van der Waals surface area contributed by atoms with Crippen LogP contribution >= 0.6 is 22.0 Å². The van der Waals surface area contributed by atoms with E-state index >= 15 is 0 Å². The Balaban J connectivity index is 2.61. The quantitative estimate of drug-likeness (QED) is 0.738. The molecule has 0 aliphatic carbocycles. The highest BCUT2D eigenvalue weighted by molar-refractivity contribution is 8.13. The van der Waals surface area contributed by atoms with E-state index in [1.165, 1.54) is 0 Å². The summed E-state index contributed by atoms with van der Waals surface area (Å²) in [6, 6.07) is 1.97. The molecule has 1 heterocycles. The van der Waals surface area contributed by atoms with Crippen molar-refractivity contribution in [2.24, 2.45) is 0 Å². The van der Waals surface area contributed by atoms with Gasteiger partial charge in [-0.2, -0.15) is 0 Å². The molecule has 0 amide bonds. The molecule has 0 aromatic carbocycles. The maximum atomic E-state index is 10.6. The SMILES string of the molecule is Cc1ccsc1CCS(=O)(=O)Cl. The van der Waals surface area contributed by atoms with Gasteiger partial charge in [-0.15, -0.1) is 11.3 Å². The molecule has 0 unspecified atom stereocenters. The molecule has 0 bridgehead atoms. The van der Waals surface area contributed by atoms with Crippen LogP contribution in [0, 0.1) is 6.92 Å². The second-order valence-electron chi connectivity index (χ2n) is 2.52. The van der Waals surface area contributed by atoms with E-state index in [-0.39, 0.29) is 5.75 Å². The molecule has 0 saturated heterocycles. The average molecular weight is 225 g/mol. The highest BCUT2D eigenvalue weighted by Gasteiger charge is 2.07. The topological polar surface area (TPSA) is 34.1 Å². The molecule has 0 N–H and O–H groups in total. The molecule has 1 aromatic heterocycles. The van der Waals surface area contributed by atoms with Gasteiger partial charge in [-0.05, 0) is 30.4 Å². The first-order chi connectivity index (χ1) is 5.49. The van der Waals surface area contributed by atoms with E-state index < -0.39 is 9.05 Å². The monoisotopic (exact) mass is 224 g/mol. The number of hydrogen-bond acceptors (Lipinski definition) is 3. The molecule has 2 nitrogen and oxygen atoms in total. The van der Waals surface area contributed by atoms with Crippen LogP contribution in [0.5, 0.6) is 0 Å². The molecule has 1 rings (SSSR count). The van der Waals surface area contributed by atoms with Crippen molar-refractivity contribution in [3.63, 3.8) is 0 Å². The molecule has 12 heavy (non-hydrogen) atoms. The summed E-state index contributed by atoms with van der Waals surface area (Å²) in [6.07, 6.45) is 0.523. The first-order valence-corrected chi connectivity index (χ1v) is 6.80. The summed E-state index contributed by atoms with van der Waals surface area (Å²) in [6.45, 7) is 1.96. The van der Waals surface area contributed by atoms with Crippen LogP contribution in [0.2, 0.25) is 0 Å². The van der Waals surface area contributed by atoms with Crippen LogP contribution in [0.15, 0.2) is 11.4 Å². The maximum absolute atomic E-state index is 10.6. The zero-order valence-corrected chi connectivity index (χ0v) is 8.97. The Bertz CT molecular complexity index is 353. The van der Waals surface area contributed by atoms with E-state index in [1.807, 2.05) is 18.4 Å². The van der Waals surface area contributed by atoms with Gasteiger partial charge in [0.15, 0.2) is 0 Å². The van der Waals surface area contributed by atoms with Crippen LogP contribution in [0.3, 0.4) is 0 Å². The second kappa shape index (κ2) is 3.77. The minimum absolute atomic E-state index is 0.0237. The molecule has 0 aliphatic heterocycles. The van der Waals surface area contributed by atoms with Gasteiger partial charge < -0.3 is 0 Å². The van der Waals surface area contributed by atoms with E-state index in [0.29, 0.717) is 6.42 Å². The Labute approximate surface area is 80.6 Å². The lowest BCUT2D eigenvalue weighted by Crippen LogP contribution is -2.00. The number of rotatable bonds is 3. The van der Waals surface area contributed by atoms with Crippen LogP contribution in [0.25, 0.3) is 0 Å². The van der Waals surface area contributed by atoms with Gasteiger partial charge in [0, 0.05) is 15.6 Å². The predicted octanol–water partition coefficient (Wildman–Crippen LogP) is 2.17. The van der Waals surface area contributed by atoms with Crippen molar-refractivity contribution >= 4 is 31.1 Å². The molecule has 0 aliphatic rings. The molecular formula is C7H9ClO2S2. The standard InChI is InChI=1S/C7H9ClO2S2/c1-6-2-4-11-7(6)3-5-12(8,9)10/h2,4H,3,5H2,1H3. The normalized spacial score (nSPS) is 11.8. The first-order valence-electron chi connectivity index (χ1n) is 3.44. The first kappa shape index (κ1) is 10.0. The number of hydrogen-bond donors (Lipinski definition) is 0. The molecule has 68 valence electrons. The highest BCUT2D eigenvalue weighted by atomic mass is 35.7. The van der Waals surface area contributed by atoms with E-state index in [2.05, 4.69) is 0 Å². The fraction of sp³-hybridized carbons (Fsp3) is 0.429. The number of aryl methyl sites for hydroxylation is 2. The summed E-state index contributed by atoms with van der Waals surface area (Å²) in [5, 5.41) is 1.95. The van der Waals surface area contributed by atoms with Crippen molar-refractivity contribution < 1.29 is 8.42 Å². The van der Waals surface area contributed by atoms with Crippen molar-refractivity contribution in [3.05, 3.63) is 21.9 Å². The molecule has 5 heteroatoms. The third-order valence-electron chi connectivity index (χ3n) is 1.54. The lowest BCUT2D eigenvalue weighted by molar-refractivity contribution is 0.609. The summed E-state index contributed by atoms with van der Waals surface area (Å²) < 4.78 is 21.2. The minimum atomic E-state index is -3.34. The molecule has 0 radical (unpaired) electrons. The van der Waals surface area contributed by atoms with Crippen molar-refractivity contribution in [3.8, 4) is 0 Å². The molecule has 0 saturated carbocycles. The lowest BCUT2D eigenvalue weighted by atomic mass is 10.2. The minimum Gasteiger partial charge on any atom is -0.212 e. The van der Waals surface area contributed by atoms with Crippen molar-refractivity contribution in [1.29, 1.82) is 0 Å². The fourth-order valence-corrected chi connectivity index (χ4v) is 2.59. The van der Waals surface area contributed by atoms with Gasteiger partial charge in [-0.1, -0.05) is 0 Å². The Morgan fingerprint density at radius 3 is 2.67 bits per heavy atom. The van der Waals surface area contributed by atoms with Crippen LogP contribution in [-0.2, 0) is 15.5 Å². The predicted molar refractivity (Wildman–Crippen MR) is 52.4 cm³/mol. The van der Waals surface area contributed by atoms with Gasteiger partial charge in [0.05, 0.1) is 5.75 Å². The Morgan fingerprint density at radius 1 is 1.58 bits per heavy atom. The summed E-state index contributed by atoms with van der Waals surface area (Å²) in [5.74, 6) is 0.0237. The Hall–Kier alpha value is -0.0600. The van der Waals surface area contributed by atoms with Gasteiger partial charge in [-0.25, -0.2) is 8.42 Å². The van der Waals surface area contributed by atoms with Crippen LogP contribution in [0.1, 0.15) is 10.4 Å². The summed E-state index contributed by atoms with van der Waals surface area (Å²) >= 11 is 1.57. The second-order valence-corrected chi connectivity index (χ2v) is 6.42. The van der Waals surface area contributed by atoms with E-state index in [0.717, 1.165) is 10.4 Å². The lowest BCUT2D eigenvalue weighted by Gasteiger charge is -1.95. The van der Waals surface area contributed by atoms with Gasteiger partial charge in [0.1, 0.15) is 0 Å². The van der Waals surface area contributed by atoms with Gasteiger partial charge in [0.2, 0.25) is 9.05 Å². The number of halogens is 1. The Morgan fingerprint density at radius 2 is 2.25 bits per heavy atom. The van der Waals surface area contributed by atoms with Gasteiger partial charge >= 0.3 is 0 Å². The van der Waals surface area contributed by atoms with Crippen molar-refractivity contribution in [2.45, 2.75) is 13.3 Å². The zero-order chi connectivity index (χ0) is 9.19. The van der Waals surface area contributed by atoms with E-state index in [9.17, 15) is 8.42 Å². The third-order valence-corrected chi connectivity index (χ3v) is 3.78. The average Bonchev–Trinajstić information content (AvgIpc) is 2.29. The summed E-state index contributed by atoms with van der Waals surface area (Å²) in [7, 11) is 1.74. The smallest absolute Gasteiger partial charge is 0.212 e. The maximum Gasteiger partial charge on any atom is 0.232 e. The van der Waals surface area contributed by atoms with Crippen LogP contribution in [-0.4, -0.2) is 14.2 Å². The zero-order valence-electron chi connectivity index (χ0n) is 6.58. The van der Waals surface area contributed by atoms with E-state index in [1.54, 1.807) is 11.3 Å². The Kier molecular flexibility index (Phi) is 3.15. The van der Waals surface area contributed by atoms with Crippen molar-refractivity contribution in [1.82, 2.24) is 0 Å². The summed E-state index contributed by atoms with van der Waals surface area (Å²) in [4.78, 5) is 1.10. The molecular weight excluding hydrogens is 216 g/mol. The highest BCUT2D eigenvalue weighted by Crippen LogP contribution is 2.17. The molecule has 0 fully saturated rings. The van der Waals surface area contributed by atoms with E-state index in [4.69, 9.17) is 10.7 Å². The summed E-state index contributed by atoms with van der Waals surface area (Å²) in [5.41, 5.74) is 1.14. The molecule has 0 atom stereocenters. The molecule has 1 aromatic rings.